The first-order chi connectivity index (χ1) is 10.2. The van der Waals surface area contributed by atoms with Gasteiger partial charge in [0.2, 0.25) is 5.91 Å². The van der Waals surface area contributed by atoms with E-state index < -0.39 is 0 Å². The maximum Gasteiger partial charge on any atom is 0.224 e. The van der Waals surface area contributed by atoms with Crippen LogP contribution < -0.4 is 5.32 Å². The van der Waals surface area contributed by atoms with Gasteiger partial charge in [0.1, 0.15) is 0 Å². The molecule has 1 aliphatic carbocycles. The van der Waals surface area contributed by atoms with Gasteiger partial charge < -0.3 is 5.32 Å². The zero-order valence-electron chi connectivity index (χ0n) is 12.2. The van der Waals surface area contributed by atoms with E-state index in [1.54, 1.807) is 23.1 Å². The summed E-state index contributed by atoms with van der Waals surface area (Å²) in [6.07, 6.45) is 9.00. The van der Waals surface area contributed by atoms with Crippen LogP contribution >= 0.6 is 23.1 Å². The molecule has 1 N–H and O–H groups in total. The number of benzene rings is 1. The fourth-order valence-corrected chi connectivity index (χ4v) is 4.46. The molecule has 1 amide bonds. The minimum atomic E-state index is 0.149. The van der Waals surface area contributed by atoms with Crippen molar-refractivity contribution in [2.45, 2.75) is 42.9 Å². The minimum Gasteiger partial charge on any atom is -0.326 e. The van der Waals surface area contributed by atoms with E-state index in [0.29, 0.717) is 12.3 Å². The third-order valence-corrected chi connectivity index (χ3v) is 6.03. The summed E-state index contributed by atoms with van der Waals surface area (Å²) in [5, 5.41) is 3.04. The number of thiazole rings is 1. The zero-order valence-corrected chi connectivity index (χ0v) is 13.9. The van der Waals surface area contributed by atoms with Crippen LogP contribution in [-0.2, 0) is 4.79 Å². The number of hydrogen-bond donors (Lipinski definition) is 1. The smallest absolute Gasteiger partial charge is 0.224 e. The van der Waals surface area contributed by atoms with Crippen molar-refractivity contribution >= 4 is 44.9 Å². The quantitative estimate of drug-likeness (QED) is 0.812. The highest BCUT2D eigenvalue weighted by molar-refractivity contribution is 8.00. The SMILES string of the molecule is CSc1nc2ccc(NC(=O)CC3CCCCC3)cc2s1. The third-order valence-electron chi connectivity index (χ3n) is 4.03. The van der Waals surface area contributed by atoms with Crippen molar-refractivity contribution in [3.05, 3.63) is 18.2 Å². The number of rotatable bonds is 4. The van der Waals surface area contributed by atoms with E-state index in [4.69, 9.17) is 0 Å². The van der Waals surface area contributed by atoms with Crippen LogP contribution in [0.1, 0.15) is 38.5 Å². The van der Waals surface area contributed by atoms with E-state index in [1.165, 1.54) is 32.1 Å². The Labute approximate surface area is 133 Å². The second-order valence-electron chi connectivity index (χ2n) is 5.62. The van der Waals surface area contributed by atoms with Crippen molar-refractivity contribution < 1.29 is 4.79 Å². The van der Waals surface area contributed by atoms with Crippen LogP contribution in [0.25, 0.3) is 10.2 Å². The number of nitrogens with zero attached hydrogens (tertiary/aromatic N) is 1. The maximum atomic E-state index is 12.2. The van der Waals surface area contributed by atoms with Gasteiger partial charge >= 0.3 is 0 Å². The van der Waals surface area contributed by atoms with Gasteiger partial charge in [0, 0.05) is 12.1 Å². The van der Waals surface area contributed by atoms with Crippen molar-refractivity contribution in [3.8, 4) is 0 Å². The molecule has 1 heterocycles. The summed E-state index contributed by atoms with van der Waals surface area (Å²) in [4.78, 5) is 16.7. The molecular formula is C16H20N2OS2. The number of hydrogen-bond acceptors (Lipinski definition) is 4. The Bertz CT molecular complexity index is 632. The predicted octanol–water partition coefficient (Wildman–Crippen LogP) is 4.93. The lowest BCUT2D eigenvalue weighted by molar-refractivity contribution is -0.117. The first kappa shape index (κ1) is 14.9. The van der Waals surface area contributed by atoms with Crippen LogP contribution in [0.2, 0.25) is 0 Å². The molecule has 0 spiro atoms. The molecule has 1 fully saturated rings. The zero-order chi connectivity index (χ0) is 14.7. The maximum absolute atomic E-state index is 12.2. The molecule has 0 unspecified atom stereocenters. The number of thioether (sulfide) groups is 1. The lowest BCUT2D eigenvalue weighted by Gasteiger charge is -2.20. The molecule has 0 aliphatic heterocycles. The highest BCUT2D eigenvalue weighted by Crippen LogP contribution is 2.30. The lowest BCUT2D eigenvalue weighted by Crippen LogP contribution is -2.18. The van der Waals surface area contributed by atoms with Gasteiger partial charge in [-0.3, -0.25) is 4.79 Å². The van der Waals surface area contributed by atoms with E-state index in [2.05, 4.69) is 10.3 Å². The van der Waals surface area contributed by atoms with E-state index in [-0.39, 0.29) is 5.91 Å². The van der Waals surface area contributed by atoms with Gasteiger partial charge in [-0.2, -0.15) is 0 Å². The monoisotopic (exact) mass is 320 g/mol. The topological polar surface area (TPSA) is 42.0 Å². The molecule has 0 radical (unpaired) electrons. The van der Waals surface area contributed by atoms with Crippen molar-refractivity contribution in [2.24, 2.45) is 5.92 Å². The number of fused-ring (bicyclic) bond motifs is 1. The largest absolute Gasteiger partial charge is 0.326 e. The summed E-state index contributed by atoms with van der Waals surface area (Å²) < 4.78 is 2.20. The fourth-order valence-electron chi connectivity index (χ4n) is 2.93. The summed E-state index contributed by atoms with van der Waals surface area (Å²) in [5.74, 6) is 0.727. The molecule has 2 aromatic rings. The first-order valence-corrected chi connectivity index (χ1v) is 9.53. The van der Waals surface area contributed by atoms with Crippen molar-refractivity contribution in [2.75, 3.05) is 11.6 Å². The molecule has 1 saturated carbocycles. The van der Waals surface area contributed by atoms with E-state index in [0.717, 1.165) is 20.2 Å². The molecule has 0 saturated heterocycles. The molecule has 3 nitrogen and oxygen atoms in total. The molecule has 1 aromatic carbocycles. The molecule has 112 valence electrons. The number of carbonyl (C=O) groups is 1. The highest BCUT2D eigenvalue weighted by atomic mass is 32.2. The Kier molecular flexibility index (Phi) is 4.80. The standard InChI is InChI=1S/C16H20N2OS2/c1-20-16-18-13-8-7-12(10-14(13)21-16)17-15(19)9-11-5-3-2-4-6-11/h7-8,10-11H,2-6,9H2,1H3,(H,17,19). The van der Waals surface area contributed by atoms with E-state index >= 15 is 0 Å². The molecule has 1 aliphatic rings. The molecule has 5 heteroatoms. The van der Waals surface area contributed by atoms with E-state index in [9.17, 15) is 4.79 Å². The van der Waals surface area contributed by atoms with Crippen LogP contribution in [-0.4, -0.2) is 17.1 Å². The molecule has 0 bridgehead atoms. The Morgan fingerprint density at radius 3 is 2.95 bits per heavy atom. The number of nitrogens with one attached hydrogen (secondary N) is 1. The summed E-state index contributed by atoms with van der Waals surface area (Å²) in [6, 6.07) is 5.97. The fraction of sp³-hybridized carbons (Fsp3) is 0.500. The summed E-state index contributed by atoms with van der Waals surface area (Å²) in [7, 11) is 0. The Hall–Kier alpha value is -1.07. The minimum absolute atomic E-state index is 0.149. The van der Waals surface area contributed by atoms with E-state index in [1.807, 2.05) is 24.5 Å². The van der Waals surface area contributed by atoms with Gasteiger partial charge in [-0.15, -0.1) is 11.3 Å². The van der Waals surface area contributed by atoms with Crippen molar-refractivity contribution in [1.29, 1.82) is 0 Å². The number of aromatic nitrogens is 1. The van der Waals surface area contributed by atoms with Gasteiger partial charge in [0.25, 0.3) is 0 Å². The second kappa shape index (κ2) is 6.79. The summed E-state index contributed by atoms with van der Waals surface area (Å²) >= 11 is 3.33. The van der Waals surface area contributed by atoms with Crippen LogP contribution in [0.4, 0.5) is 5.69 Å². The van der Waals surface area contributed by atoms with Crippen molar-refractivity contribution in [3.63, 3.8) is 0 Å². The first-order valence-electron chi connectivity index (χ1n) is 7.49. The van der Waals surface area contributed by atoms with Crippen LogP contribution in [0, 0.1) is 5.92 Å². The predicted molar refractivity (Wildman–Crippen MR) is 91.2 cm³/mol. The van der Waals surface area contributed by atoms with Gasteiger partial charge in [-0.25, -0.2) is 4.98 Å². The van der Waals surface area contributed by atoms with Gasteiger partial charge in [0.05, 0.1) is 10.2 Å². The molecular weight excluding hydrogens is 300 g/mol. The number of carbonyl (C=O) groups excluding carboxylic acids is 1. The molecule has 3 rings (SSSR count). The van der Waals surface area contributed by atoms with Gasteiger partial charge in [0.15, 0.2) is 4.34 Å². The lowest BCUT2D eigenvalue weighted by atomic mass is 9.87. The van der Waals surface area contributed by atoms with Crippen LogP contribution in [0.15, 0.2) is 22.5 Å². The normalized spacial score (nSPS) is 16.2. The number of anilines is 1. The summed E-state index contributed by atoms with van der Waals surface area (Å²) in [5.41, 5.74) is 1.90. The molecule has 1 aromatic heterocycles. The van der Waals surface area contributed by atoms with Crippen LogP contribution in [0.3, 0.4) is 0 Å². The number of amides is 1. The average Bonchev–Trinajstić information content (AvgIpc) is 2.90. The second-order valence-corrected chi connectivity index (χ2v) is 7.71. The molecule has 21 heavy (non-hydrogen) atoms. The Morgan fingerprint density at radius 2 is 2.19 bits per heavy atom. The Balaban J connectivity index is 1.64. The molecule has 0 atom stereocenters. The Morgan fingerprint density at radius 1 is 1.38 bits per heavy atom. The third kappa shape index (κ3) is 3.77. The van der Waals surface area contributed by atoms with Crippen LogP contribution in [0.5, 0.6) is 0 Å². The van der Waals surface area contributed by atoms with Gasteiger partial charge in [-0.05, 0) is 43.2 Å². The summed E-state index contributed by atoms with van der Waals surface area (Å²) in [6.45, 7) is 0. The van der Waals surface area contributed by atoms with Gasteiger partial charge in [-0.1, -0.05) is 31.0 Å². The highest BCUT2D eigenvalue weighted by Gasteiger charge is 2.17. The average molecular weight is 320 g/mol. The van der Waals surface area contributed by atoms with Crippen molar-refractivity contribution in [1.82, 2.24) is 4.98 Å².